The summed E-state index contributed by atoms with van der Waals surface area (Å²) in [5.74, 6) is -1.50. The largest absolute Gasteiger partial charge is 0.360 e. The summed E-state index contributed by atoms with van der Waals surface area (Å²) >= 11 is 0. The van der Waals surface area contributed by atoms with E-state index in [0.717, 1.165) is 12.1 Å². The Morgan fingerprint density at radius 3 is 2.15 bits per heavy atom. The molecule has 8 nitrogen and oxygen atoms in total. The topological polar surface area (TPSA) is 110 Å². The first-order valence-corrected chi connectivity index (χ1v) is 8.76. The quantitative estimate of drug-likeness (QED) is 0.699. The molecule has 0 atom stereocenters. The molecule has 0 aliphatic heterocycles. The van der Waals surface area contributed by atoms with Gasteiger partial charge in [-0.3, -0.25) is 4.72 Å². The van der Waals surface area contributed by atoms with E-state index in [-0.39, 0.29) is 33.7 Å². The maximum absolute atomic E-state index is 13.6. The molecule has 2 aromatic heterocycles. The zero-order valence-electron chi connectivity index (χ0n) is 13.6. The monoisotopic (exact) mass is 381 g/mol. The Morgan fingerprint density at radius 1 is 1.00 bits per heavy atom. The van der Waals surface area contributed by atoms with Crippen molar-refractivity contribution in [3.05, 3.63) is 53.4 Å². The number of rotatable bonds is 5. The highest BCUT2D eigenvalue weighted by Crippen LogP contribution is 2.24. The normalized spacial score (nSPS) is 11.4. The lowest BCUT2D eigenvalue weighted by atomic mass is 10.3. The zero-order chi connectivity index (χ0) is 18.9. The summed E-state index contributed by atoms with van der Waals surface area (Å²) < 4.78 is 59.1. The third-order valence-electron chi connectivity index (χ3n) is 3.36. The Hall–Kier alpha value is -3.08. The van der Waals surface area contributed by atoms with Crippen LogP contribution in [0.3, 0.4) is 0 Å². The van der Waals surface area contributed by atoms with E-state index in [1.807, 2.05) is 0 Å². The molecule has 0 bridgehead atoms. The van der Waals surface area contributed by atoms with Crippen LogP contribution in [0.25, 0.3) is 0 Å². The Morgan fingerprint density at radius 2 is 1.62 bits per heavy atom. The molecule has 0 saturated heterocycles. The van der Waals surface area contributed by atoms with Crippen molar-refractivity contribution in [1.82, 2.24) is 15.4 Å². The number of hydrogen-bond acceptors (Lipinski definition) is 7. The van der Waals surface area contributed by atoms with Gasteiger partial charge in [0.05, 0.1) is 0 Å². The minimum absolute atomic E-state index is 0.0364. The van der Waals surface area contributed by atoms with Crippen LogP contribution < -0.4 is 10.0 Å². The molecule has 0 fully saturated rings. The molecule has 0 amide bonds. The number of nitrogens with zero attached hydrogens (tertiary/aromatic N) is 3. The average Bonchev–Trinajstić information content (AvgIpc) is 2.92. The molecule has 3 rings (SSSR count). The van der Waals surface area contributed by atoms with Crippen molar-refractivity contribution >= 4 is 27.3 Å². The first kappa shape index (κ1) is 17.7. The summed E-state index contributed by atoms with van der Waals surface area (Å²) in [7, 11) is -3.97. The maximum Gasteiger partial charge on any atom is 0.268 e. The number of aryl methyl sites for hydroxylation is 2. The van der Waals surface area contributed by atoms with Crippen LogP contribution in [0.4, 0.5) is 26.1 Å². The number of halogens is 2. The van der Waals surface area contributed by atoms with Crippen LogP contribution in [0.15, 0.2) is 39.8 Å². The number of anilines is 3. The number of hydrogen-bond donors (Lipinski definition) is 2. The van der Waals surface area contributed by atoms with E-state index in [4.69, 9.17) is 4.52 Å². The Labute approximate surface area is 147 Å². The molecule has 1 aromatic carbocycles. The Balaban J connectivity index is 1.80. The summed E-state index contributed by atoms with van der Waals surface area (Å²) in [5.41, 5.74) is -0.179. The van der Waals surface area contributed by atoms with E-state index in [9.17, 15) is 17.2 Å². The van der Waals surface area contributed by atoms with Crippen molar-refractivity contribution in [2.75, 3.05) is 10.0 Å². The summed E-state index contributed by atoms with van der Waals surface area (Å²) in [5, 5.41) is 13.4. The predicted molar refractivity (Wildman–Crippen MR) is 88.5 cm³/mol. The lowest BCUT2D eigenvalue weighted by Crippen LogP contribution is -2.16. The number of sulfonamides is 1. The fourth-order valence-corrected chi connectivity index (χ4v) is 3.57. The SMILES string of the molecule is Cc1noc(C)c1S(=O)(=O)Nc1ccc(Nc2c(F)cccc2F)nn1. The lowest BCUT2D eigenvalue weighted by Gasteiger charge is -2.09. The minimum atomic E-state index is -3.97. The van der Waals surface area contributed by atoms with Crippen LogP contribution in [0, 0.1) is 25.5 Å². The molecular weight excluding hydrogens is 368 g/mol. The van der Waals surface area contributed by atoms with Gasteiger partial charge in [0.2, 0.25) is 0 Å². The average molecular weight is 381 g/mol. The van der Waals surface area contributed by atoms with Crippen LogP contribution in [-0.2, 0) is 10.0 Å². The molecule has 0 aliphatic rings. The predicted octanol–water partition coefficient (Wildman–Crippen LogP) is 2.90. The molecular formula is C15H13F2N5O3S. The lowest BCUT2D eigenvalue weighted by molar-refractivity contribution is 0.390. The van der Waals surface area contributed by atoms with E-state index in [0.29, 0.717) is 0 Å². The number of para-hydroxylation sites is 1. The van der Waals surface area contributed by atoms with E-state index < -0.39 is 21.7 Å². The van der Waals surface area contributed by atoms with Gasteiger partial charge in [0.1, 0.15) is 23.0 Å². The second-order valence-corrected chi connectivity index (χ2v) is 6.90. The first-order chi connectivity index (χ1) is 12.3. The first-order valence-electron chi connectivity index (χ1n) is 7.28. The van der Waals surface area contributed by atoms with Crippen LogP contribution in [0.2, 0.25) is 0 Å². The molecule has 2 heterocycles. The molecule has 3 aromatic rings. The van der Waals surface area contributed by atoms with Crippen molar-refractivity contribution in [3.8, 4) is 0 Å². The van der Waals surface area contributed by atoms with E-state index in [2.05, 4.69) is 25.4 Å². The van der Waals surface area contributed by atoms with Gasteiger partial charge in [-0.15, -0.1) is 10.2 Å². The standard InChI is InChI=1S/C15H13F2N5O3S/c1-8-15(9(2)25-21-8)26(23,24)22-13-7-6-12(19-20-13)18-14-10(16)4-3-5-11(14)17/h3-7H,1-2H3,(H,18,19)(H,20,22). The molecule has 26 heavy (non-hydrogen) atoms. The molecule has 0 radical (unpaired) electrons. The van der Waals surface area contributed by atoms with Crippen LogP contribution >= 0.6 is 0 Å². The van der Waals surface area contributed by atoms with Crippen molar-refractivity contribution in [2.24, 2.45) is 0 Å². The highest BCUT2D eigenvalue weighted by Gasteiger charge is 2.24. The van der Waals surface area contributed by atoms with Gasteiger partial charge >= 0.3 is 0 Å². The molecule has 0 saturated carbocycles. The molecule has 0 aliphatic carbocycles. The maximum atomic E-state index is 13.6. The van der Waals surface area contributed by atoms with Crippen molar-refractivity contribution in [1.29, 1.82) is 0 Å². The smallest absolute Gasteiger partial charge is 0.268 e. The van der Waals surface area contributed by atoms with Gasteiger partial charge in [-0.05, 0) is 38.1 Å². The Kier molecular flexibility index (Phi) is 4.55. The number of aromatic nitrogens is 3. The van der Waals surface area contributed by atoms with Crippen LogP contribution in [0.5, 0.6) is 0 Å². The van der Waals surface area contributed by atoms with Crippen molar-refractivity contribution < 1.29 is 21.7 Å². The zero-order valence-corrected chi connectivity index (χ0v) is 14.4. The van der Waals surface area contributed by atoms with E-state index in [1.54, 1.807) is 0 Å². The van der Waals surface area contributed by atoms with Crippen LogP contribution in [-0.4, -0.2) is 23.8 Å². The van der Waals surface area contributed by atoms with Gasteiger partial charge in [0.15, 0.2) is 22.3 Å². The van der Waals surface area contributed by atoms with Gasteiger partial charge in [0, 0.05) is 0 Å². The molecule has 0 spiro atoms. The fourth-order valence-electron chi connectivity index (χ4n) is 2.25. The van der Waals surface area contributed by atoms with Gasteiger partial charge < -0.3 is 9.84 Å². The Bertz CT molecular complexity index is 1010. The van der Waals surface area contributed by atoms with Gasteiger partial charge in [-0.1, -0.05) is 11.2 Å². The van der Waals surface area contributed by atoms with E-state index in [1.165, 1.54) is 32.0 Å². The summed E-state index contributed by atoms with van der Waals surface area (Å²) in [4.78, 5) is -0.0880. The molecule has 11 heteroatoms. The minimum Gasteiger partial charge on any atom is -0.360 e. The van der Waals surface area contributed by atoms with Gasteiger partial charge in [-0.2, -0.15) is 0 Å². The van der Waals surface area contributed by atoms with Gasteiger partial charge in [-0.25, -0.2) is 17.2 Å². The summed E-state index contributed by atoms with van der Waals surface area (Å²) in [6.45, 7) is 2.96. The second-order valence-electron chi connectivity index (χ2n) is 5.28. The molecule has 136 valence electrons. The van der Waals surface area contributed by atoms with Crippen LogP contribution in [0.1, 0.15) is 11.5 Å². The molecule has 0 unspecified atom stereocenters. The summed E-state index contributed by atoms with van der Waals surface area (Å²) in [6, 6.07) is 6.03. The van der Waals surface area contributed by atoms with Gasteiger partial charge in [0.25, 0.3) is 10.0 Å². The fraction of sp³-hybridized carbons (Fsp3) is 0.133. The second kappa shape index (κ2) is 6.67. The molecule has 2 N–H and O–H groups in total. The highest BCUT2D eigenvalue weighted by molar-refractivity contribution is 7.92. The van der Waals surface area contributed by atoms with Crippen molar-refractivity contribution in [2.45, 2.75) is 18.7 Å². The number of benzene rings is 1. The third-order valence-corrected chi connectivity index (χ3v) is 4.95. The summed E-state index contributed by atoms with van der Waals surface area (Å²) in [6.07, 6.45) is 0. The third kappa shape index (κ3) is 3.47. The number of nitrogens with one attached hydrogen (secondary N) is 2. The van der Waals surface area contributed by atoms with Crippen molar-refractivity contribution in [3.63, 3.8) is 0 Å². The van der Waals surface area contributed by atoms with E-state index >= 15 is 0 Å². The highest BCUT2D eigenvalue weighted by atomic mass is 32.2.